The van der Waals surface area contributed by atoms with Crippen molar-refractivity contribution in [3.8, 4) is 11.3 Å². The molecule has 1 aliphatic rings. The van der Waals surface area contributed by atoms with Gasteiger partial charge in [0.25, 0.3) is 5.91 Å². The highest BCUT2D eigenvalue weighted by Gasteiger charge is 2.27. The van der Waals surface area contributed by atoms with Crippen LogP contribution in [0, 0.1) is 0 Å². The van der Waals surface area contributed by atoms with Gasteiger partial charge in [-0.15, -0.1) is 0 Å². The van der Waals surface area contributed by atoms with Crippen molar-refractivity contribution < 1.29 is 14.3 Å². The van der Waals surface area contributed by atoms with E-state index in [1.165, 1.54) is 7.11 Å². The quantitative estimate of drug-likeness (QED) is 0.363. The molecule has 2 amide bonds. The minimum atomic E-state index is -0.684. The minimum Gasteiger partial charge on any atom is -0.451 e. The van der Waals surface area contributed by atoms with Gasteiger partial charge in [-0.25, -0.2) is 9.78 Å². The zero-order valence-electron chi connectivity index (χ0n) is 20.6. The maximum atomic E-state index is 14.1. The smallest absolute Gasteiger partial charge is 0.433 e. The normalized spacial score (nSPS) is 13.8. The molecule has 0 atom stereocenters. The molecule has 0 radical (unpaired) electrons. The highest BCUT2D eigenvalue weighted by atomic mass is 32.2. The third-order valence-corrected chi connectivity index (χ3v) is 7.28. The zero-order valence-corrected chi connectivity index (χ0v) is 21.4. The van der Waals surface area contributed by atoms with E-state index in [0.29, 0.717) is 23.3 Å². The SMILES string of the molecule is COC(=O)N(NC(=O)c1c(CN2CCSCC2)c(-c2ccccc2)nc2ccccc12)c1ccccc1. The van der Waals surface area contributed by atoms with Crippen LogP contribution in [0.1, 0.15) is 15.9 Å². The number of carbonyl (C=O) groups is 2. The number of nitrogens with one attached hydrogen (secondary N) is 1. The molecule has 3 aromatic carbocycles. The number of carbonyl (C=O) groups excluding carboxylic acids is 2. The number of para-hydroxylation sites is 2. The van der Waals surface area contributed by atoms with Gasteiger partial charge in [-0.2, -0.15) is 16.8 Å². The van der Waals surface area contributed by atoms with E-state index >= 15 is 0 Å². The number of anilines is 1. The largest absolute Gasteiger partial charge is 0.451 e. The average molecular weight is 513 g/mol. The summed E-state index contributed by atoms with van der Waals surface area (Å²) in [5, 5.41) is 1.88. The van der Waals surface area contributed by atoms with Crippen LogP contribution < -0.4 is 10.4 Å². The van der Waals surface area contributed by atoms with Gasteiger partial charge >= 0.3 is 6.09 Å². The Kier molecular flexibility index (Phi) is 7.67. The van der Waals surface area contributed by atoms with Crippen LogP contribution in [0.3, 0.4) is 0 Å². The van der Waals surface area contributed by atoms with E-state index in [0.717, 1.165) is 51.8 Å². The molecule has 0 saturated carbocycles. The summed E-state index contributed by atoms with van der Waals surface area (Å²) >= 11 is 1.94. The molecule has 0 bridgehead atoms. The number of hydrogen-bond donors (Lipinski definition) is 1. The van der Waals surface area contributed by atoms with E-state index in [9.17, 15) is 9.59 Å². The third kappa shape index (κ3) is 5.45. The van der Waals surface area contributed by atoms with Crippen LogP contribution in [-0.4, -0.2) is 53.6 Å². The molecular formula is C29H28N4O3S. The third-order valence-electron chi connectivity index (χ3n) is 6.34. The fraction of sp³-hybridized carbons (Fsp3) is 0.207. The van der Waals surface area contributed by atoms with Crippen LogP contribution in [-0.2, 0) is 11.3 Å². The summed E-state index contributed by atoms with van der Waals surface area (Å²) in [4.78, 5) is 34.2. The number of thioether (sulfide) groups is 1. The van der Waals surface area contributed by atoms with E-state index in [2.05, 4.69) is 10.3 Å². The lowest BCUT2D eigenvalue weighted by atomic mass is 9.95. The molecule has 1 N–H and O–H groups in total. The van der Waals surface area contributed by atoms with Crippen molar-refractivity contribution >= 4 is 40.4 Å². The second-order valence-electron chi connectivity index (χ2n) is 8.67. The molecule has 188 valence electrons. The molecule has 4 aromatic rings. The number of amides is 2. The molecule has 0 aliphatic carbocycles. The van der Waals surface area contributed by atoms with Crippen LogP contribution in [0.25, 0.3) is 22.2 Å². The Hall–Kier alpha value is -3.88. The van der Waals surface area contributed by atoms with Crippen LogP contribution in [0.5, 0.6) is 0 Å². The van der Waals surface area contributed by atoms with Gasteiger partial charge in [0.05, 0.1) is 29.6 Å². The summed E-state index contributed by atoms with van der Waals surface area (Å²) in [5.74, 6) is 1.70. The molecule has 0 unspecified atom stereocenters. The Bertz CT molecular complexity index is 1390. The number of fused-ring (bicyclic) bond motifs is 1. The van der Waals surface area contributed by atoms with Crippen LogP contribution in [0.4, 0.5) is 10.5 Å². The Balaban J connectivity index is 1.66. The van der Waals surface area contributed by atoms with E-state index in [1.54, 1.807) is 24.3 Å². The van der Waals surface area contributed by atoms with Gasteiger partial charge in [-0.05, 0) is 18.2 Å². The van der Waals surface area contributed by atoms with Crippen molar-refractivity contribution in [2.45, 2.75) is 6.54 Å². The van der Waals surface area contributed by atoms with Gasteiger partial charge in [0.15, 0.2) is 0 Å². The number of ether oxygens (including phenoxy) is 1. The first kappa shape index (κ1) is 24.8. The van der Waals surface area contributed by atoms with Crippen LogP contribution in [0.2, 0.25) is 0 Å². The molecule has 1 aromatic heterocycles. The van der Waals surface area contributed by atoms with Crippen LogP contribution in [0.15, 0.2) is 84.9 Å². The predicted molar refractivity (Wildman–Crippen MR) is 149 cm³/mol. The van der Waals surface area contributed by atoms with Crippen molar-refractivity contribution in [3.63, 3.8) is 0 Å². The topological polar surface area (TPSA) is 74.8 Å². The fourth-order valence-corrected chi connectivity index (χ4v) is 5.50. The first-order valence-corrected chi connectivity index (χ1v) is 13.3. The highest BCUT2D eigenvalue weighted by molar-refractivity contribution is 7.99. The maximum absolute atomic E-state index is 14.1. The number of pyridine rings is 1. The molecule has 1 fully saturated rings. The summed E-state index contributed by atoms with van der Waals surface area (Å²) in [7, 11) is 1.29. The Morgan fingerprint density at radius 1 is 0.946 bits per heavy atom. The fourth-order valence-electron chi connectivity index (χ4n) is 4.52. The lowest BCUT2D eigenvalue weighted by Crippen LogP contribution is -2.47. The molecule has 0 spiro atoms. The van der Waals surface area contributed by atoms with E-state index in [1.807, 2.05) is 72.4 Å². The number of aromatic nitrogens is 1. The highest BCUT2D eigenvalue weighted by Crippen LogP contribution is 2.32. The minimum absolute atomic E-state index is 0.397. The van der Waals surface area contributed by atoms with Crippen molar-refractivity contribution in [1.82, 2.24) is 15.3 Å². The first-order chi connectivity index (χ1) is 18.2. The van der Waals surface area contributed by atoms with Crippen molar-refractivity contribution in [3.05, 3.63) is 96.1 Å². The van der Waals surface area contributed by atoms with E-state index < -0.39 is 12.0 Å². The predicted octanol–water partition coefficient (Wildman–Crippen LogP) is 5.37. The Labute approximate surface area is 220 Å². The number of nitrogens with zero attached hydrogens (tertiary/aromatic N) is 3. The van der Waals surface area contributed by atoms with Gasteiger partial charge in [-0.1, -0.05) is 66.7 Å². The molecular weight excluding hydrogens is 484 g/mol. The molecule has 37 heavy (non-hydrogen) atoms. The van der Waals surface area contributed by atoms with Crippen molar-refractivity contribution in [2.75, 3.05) is 36.7 Å². The summed E-state index contributed by atoms with van der Waals surface area (Å²) < 4.78 is 4.99. The molecule has 7 nitrogen and oxygen atoms in total. The number of benzene rings is 3. The maximum Gasteiger partial charge on any atom is 0.433 e. The zero-order chi connectivity index (χ0) is 25.6. The standard InChI is InChI=1S/C29H28N4O3S/c1-36-29(35)33(22-12-6-3-7-13-22)31-28(34)26-23-14-8-9-15-25(23)30-27(21-10-4-2-5-11-21)24(26)20-32-16-18-37-19-17-32/h2-15H,16-20H2,1H3,(H,31,34). The van der Waals surface area contributed by atoms with Gasteiger partial charge in [-0.3, -0.25) is 15.1 Å². The number of hydrazine groups is 1. The molecule has 1 aliphatic heterocycles. The number of hydrogen-bond acceptors (Lipinski definition) is 6. The Morgan fingerprint density at radius 2 is 1.59 bits per heavy atom. The lowest BCUT2D eigenvalue weighted by molar-refractivity contribution is 0.0940. The van der Waals surface area contributed by atoms with E-state index in [4.69, 9.17) is 9.72 Å². The average Bonchev–Trinajstić information content (AvgIpc) is 2.96. The van der Waals surface area contributed by atoms with Gasteiger partial charge in [0, 0.05) is 47.7 Å². The summed E-state index contributed by atoms with van der Waals surface area (Å²) in [6.07, 6.45) is -0.684. The molecule has 8 heteroatoms. The van der Waals surface area contributed by atoms with Crippen LogP contribution >= 0.6 is 11.8 Å². The summed E-state index contributed by atoms with van der Waals surface area (Å²) in [6, 6.07) is 26.5. The van der Waals surface area contributed by atoms with Gasteiger partial charge in [0.2, 0.25) is 0 Å². The Morgan fingerprint density at radius 3 is 2.30 bits per heavy atom. The van der Waals surface area contributed by atoms with Crippen molar-refractivity contribution in [1.29, 1.82) is 0 Å². The first-order valence-electron chi connectivity index (χ1n) is 12.2. The summed E-state index contributed by atoms with van der Waals surface area (Å²) in [6.45, 7) is 2.45. The van der Waals surface area contributed by atoms with Crippen molar-refractivity contribution in [2.24, 2.45) is 0 Å². The summed E-state index contributed by atoms with van der Waals surface area (Å²) in [5.41, 5.74) is 7.09. The monoisotopic (exact) mass is 512 g/mol. The van der Waals surface area contributed by atoms with Gasteiger partial charge in [0.1, 0.15) is 0 Å². The molecule has 2 heterocycles. The lowest BCUT2D eigenvalue weighted by Gasteiger charge is -2.29. The second-order valence-corrected chi connectivity index (χ2v) is 9.89. The number of rotatable bonds is 5. The molecule has 5 rings (SSSR count). The number of methoxy groups -OCH3 is 1. The van der Waals surface area contributed by atoms with Gasteiger partial charge < -0.3 is 4.74 Å². The molecule has 1 saturated heterocycles. The second kappa shape index (κ2) is 11.5. The van der Waals surface area contributed by atoms with E-state index in [-0.39, 0.29) is 0 Å².